The Balaban J connectivity index is 1.64. The molecule has 0 saturated carbocycles. The first-order valence-corrected chi connectivity index (χ1v) is 13.5. The molecule has 3 aromatic rings. The average Bonchev–Trinajstić information content (AvgIpc) is 2.85. The van der Waals surface area contributed by atoms with E-state index in [-0.39, 0.29) is 5.56 Å². The zero-order valence-corrected chi connectivity index (χ0v) is 21.5. The monoisotopic (exact) mass is 512 g/mol. The molecule has 1 atom stereocenters. The van der Waals surface area contributed by atoms with E-state index in [2.05, 4.69) is 5.32 Å². The van der Waals surface area contributed by atoms with Crippen molar-refractivity contribution >= 4 is 15.9 Å². The summed E-state index contributed by atoms with van der Waals surface area (Å²) in [4.78, 5) is 12.4. The summed E-state index contributed by atoms with van der Waals surface area (Å²) in [5.74, 6) is 0.248. The molecule has 192 valence electrons. The van der Waals surface area contributed by atoms with Gasteiger partial charge in [-0.1, -0.05) is 55.5 Å². The lowest BCUT2D eigenvalue weighted by Gasteiger charge is -2.25. The Bertz CT molecular complexity index is 1260. The minimum absolute atomic E-state index is 0.150. The predicted molar refractivity (Wildman–Crippen MR) is 139 cm³/mol. The van der Waals surface area contributed by atoms with Gasteiger partial charge in [0.05, 0.1) is 18.4 Å². The average molecular weight is 513 g/mol. The van der Waals surface area contributed by atoms with Crippen LogP contribution in [0.25, 0.3) is 11.1 Å². The first-order chi connectivity index (χ1) is 17.1. The van der Waals surface area contributed by atoms with Gasteiger partial charge in [0, 0.05) is 6.54 Å². The zero-order valence-electron chi connectivity index (χ0n) is 20.7. The van der Waals surface area contributed by atoms with Crippen LogP contribution >= 0.6 is 0 Å². The van der Waals surface area contributed by atoms with Crippen LogP contribution in [0.5, 0.6) is 11.5 Å². The number of amides is 1. The molecule has 0 spiro atoms. The maximum atomic E-state index is 12.4. The minimum atomic E-state index is -3.70. The van der Waals surface area contributed by atoms with Crippen molar-refractivity contribution in [3.63, 3.8) is 0 Å². The first-order valence-electron chi connectivity index (χ1n) is 11.6. The van der Waals surface area contributed by atoms with E-state index in [9.17, 15) is 18.3 Å². The van der Waals surface area contributed by atoms with Gasteiger partial charge in [0.15, 0.2) is 0 Å². The number of sulfonamides is 1. The van der Waals surface area contributed by atoms with Crippen molar-refractivity contribution in [1.29, 1.82) is 0 Å². The van der Waals surface area contributed by atoms with Crippen molar-refractivity contribution < 1.29 is 27.8 Å². The molecule has 3 N–H and O–H groups in total. The highest BCUT2D eigenvalue weighted by Crippen LogP contribution is 2.29. The van der Waals surface area contributed by atoms with E-state index in [1.807, 2.05) is 66.2 Å². The molecular weight excluding hydrogens is 480 g/mol. The lowest BCUT2D eigenvalue weighted by molar-refractivity contribution is 0.0169. The third-order valence-electron chi connectivity index (χ3n) is 5.33. The van der Waals surface area contributed by atoms with Gasteiger partial charge in [-0.2, -0.15) is 0 Å². The van der Waals surface area contributed by atoms with E-state index < -0.39 is 21.7 Å². The number of rotatable bonds is 12. The van der Waals surface area contributed by atoms with Crippen molar-refractivity contribution in [3.05, 3.63) is 83.9 Å². The molecule has 9 heteroatoms. The summed E-state index contributed by atoms with van der Waals surface area (Å²) in [6.45, 7) is 4.84. The van der Waals surface area contributed by atoms with Crippen molar-refractivity contribution in [3.8, 4) is 22.6 Å². The van der Waals surface area contributed by atoms with Crippen LogP contribution in [0.15, 0.2) is 72.8 Å². The molecular formula is C27H32N2O6S. The lowest BCUT2D eigenvalue weighted by Crippen LogP contribution is -2.41. The van der Waals surface area contributed by atoms with Gasteiger partial charge in [-0.15, -0.1) is 0 Å². The van der Waals surface area contributed by atoms with Crippen LogP contribution in [0.4, 0.5) is 0 Å². The van der Waals surface area contributed by atoms with Gasteiger partial charge in [-0.3, -0.25) is 10.1 Å². The second kappa shape index (κ2) is 12.0. The van der Waals surface area contributed by atoms with E-state index in [1.165, 1.54) is 0 Å². The van der Waals surface area contributed by atoms with Gasteiger partial charge in [0.25, 0.3) is 5.91 Å². The number of aliphatic hydroxyl groups is 1. The van der Waals surface area contributed by atoms with Crippen molar-refractivity contribution in [1.82, 2.24) is 10.0 Å². The summed E-state index contributed by atoms with van der Waals surface area (Å²) < 4.78 is 36.4. The molecule has 0 heterocycles. The maximum absolute atomic E-state index is 12.4. The van der Waals surface area contributed by atoms with E-state index in [0.717, 1.165) is 29.4 Å². The maximum Gasteiger partial charge on any atom is 0.268 e. The second-order valence-corrected chi connectivity index (χ2v) is 10.2. The third-order valence-corrected chi connectivity index (χ3v) is 5.89. The molecule has 0 unspecified atom stereocenters. The number of nitrogens with one attached hydrogen (secondary N) is 2. The Morgan fingerprint density at radius 2 is 1.61 bits per heavy atom. The smallest absolute Gasteiger partial charge is 0.268 e. The van der Waals surface area contributed by atoms with Crippen LogP contribution in [0.1, 0.15) is 36.2 Å². The molecule has 3 rings (SSSR count). The van der Waals surface area contributed by atoms with Gasteiger partial charge < -0.3 is 14.6 Å². The molecule has 8 nitrogen and oxygen atoms in total. The molecule has 0 saturated heterocycles. The first kappa shape index (κ1) is 27.2. The molecule has 0 fully saturated rings. The van der Waals surface area contributed by atoms with Crippen LogP contribution in [-0.2, 0) is 15.7 Å². The van der Waals surface area contributed by atoms with Gasteiger partial charge >= 0.3 is 0 Å². The second-order valence-electron chi connectivity index (χ2n) is 8.50. The lowest BCUT2D eigenvalue weighted by atomic mass is 10.0. The highest BCUT2D eigenvalue weighted by atomic mass is 32.2. The molecule has 0 aliphatic rings. The molecule has 3 aromatic carbocycles. The minimum Gasteiger partial charge on any atom is -0.493 e. The fourth-order valence-electron chi connectivity index (χ4n) is 3.52. The van der Waals surface area contributed by atoms with Gasteiger partial charge in [-0.05, 0) is 54.3 Å². The van der Waals surface area contributed by atoms with Crippen molar-refractivity contribution in [2.45, 2.75) is 26.0 Å². The Kier molecular flexibility index (Phi) is 9.08. The summed E-state index contributed by atoms with van der Waals surface area (Å²) in [5, 5.41) is 13.7. The van der Waals surface area contributed by atoms with Crippen LogP contribution in [-0.4, -0.2) is 45.4 Å². The molecule has 0 aliphatic carbocycles. The summed E-state index contributed by atoms with van der Waals surface area (Å²) >= 11 is 0. The highest BCUT2D eigenvalue weighted by Gasteiger charge is 2.21. The van der Waals surface area contributed by atoms with Crippen molar-refractivity contribution in [2.24, 2.45) is 0 Å². The number of ether oxygens (including phenoxy) is 2. The van der Waals surface area contributed by atoms with Crippen LogP contribution in [0.3, 0.4) is 0 Å². The third kappa shape index (κ3) is 7.81. The number of benzene rings is 3. The molecule has 0 bridgehead atoms. The molecule has 0 radical (unpaired) electrons. The summed E-state index contributed by atoms with van der Waals surface area (Å²) in [5.41, 5.74) is 1.46. The van der Waals surface area contributed by atoms with Crippen LogP contribution in [0, 0.1) is 0 Å². The number of hydrogen-bond donors (Lipinski definition) is 3. The standard InChI is InChI=1S/C27H32N2O6S/c1-4-17-35-25-19-21(12-15-24(25)26(30)29-36(3,32)33)20-10-13-23(14-11-20)34-18-16-28-27(2,31)22-8-6-5-7-9-22/h5-15,19,28,31H,4,16-18H2,1-3H3,(H,29,30)/t27-/m0/s1. The Labute approximate surface area is 212 Å². The van der Waals surface area contributed by atoms with Crippen molar-refractivity contribution in [2.75, 3.05) is 26.0 Å². The number of carbonyl (C=O) groups is 1. The normalized spacial score (nSPS) is 13.0. The van der Waals surface area contributed by atoms with Crippen LogP contribution < -0.4 is 19.5 Å². The number of carbonyl (C=O) groups excluding carboxylic acids is 1. The quantitative estimate of drug-likeness (QED) is 0.251. The SMILES string of the molecule is CCCOc1cc(-c2ccc(OCCN[C@@](C)(O)c3ccccc3)cc2)ccc1C(=O)NS(C)(=O)=O. The molecule has 0 aromatic heterocycles. The molecule has 1 amide bonds. The molecule has 36 heavy (non-hydrogen) atoms. The van der Waals surface area contributed by atoms with E-state index >= 15 is 0 Å². The Hall–Kier alpha value is -3.40. The van der Waals surface area contributed by atoms with E-state index in [1.54, 1.807) is 25.1 Å². The van der Waals surface area contributed by atoms with Gasteiger partial charge in [-0.25, -0.2) is 13.1 Å². The zero-order chi connectivity index (χ0) is 26.2. The Morgan fingerprint density at radius 3 is 2.25 bits per heavy atom. The number of hydrogen-bond acceptors (Lipinski definition) is 7. The van der Waals surface area contributed by atoms with E-state index in [0.29, 0.717) is 31.3 Å². The summed E-state index contributed by atoms with van der Waals surface area (Å²) in [6.07, 6.45) is 1.66. The van der Waals surface area contributed by atoms with Gasteiger partial charge in [0.1, 0.15) is 23.8 Å². The fourth-order valence-corrected chi connectivity index (χ4v) is 3.96. The van der Waals surface area contributed by atoms with Crippen LogP contribution in [0.2, 0.25) is 0 Å². The summed E-state index contributed by atoms with van der Waals surface area (Å²) in [7, 11) is -3.70. The van der Waals surface area contributed by atoms with E-state index in [4.69, 9.17) is 9.47 Å². The molecule has 0 aliphatic heterocycles. The largest absolute Gasteiger partial charge is 0.493 e. The predicted octanol–water partition coefficient (Wildman–Crippen LogP) is 3.67. The summed E-state index contributed by atoms with van der Waals surface area (Å²) in [6, 6.07) is 21.8. The topological polar surface area (TPSA) is 114 Å². The van der Waals surface area contributed by atoms with Gasteiger partial charge in [0.2, 0.25) is 10.0 Å². The highest BCUT2D eigenvalue weighted by molar-refractivity contribution is 7.89. The fraction of sp³-hybridized carbons (Fsp3) is 0.296. The Morgan fingerprint density at radius 1 is 0.944 bits per heavy atom.